The van der Waals surface area contributed by atoms with Gasteiger partial charge in [-0.1, -0.05) is 23.2 Å². The fourth-order valence-electron chi connectivity index (χ4n) is 3.46. The Morgan fingerprint density at radius 2 is 1.65 bits per heavy atom. The van der Waals surface area contributed by atoms with E-state index in [9.17, 15) is 4.79 Å². The van der Waals surface area contributed by atoms with Gasteiger partial charge in [-0.05, 0) is 26.0 Å². The summed E-state index contributed by atoms with van der Waals surface area (Å²) < 4.78 is 29.3. The fraction of sp³-hybridized carbons (Fsp3) is 0.455. The number of Topliss-reactive ketones (excluding diaryl/α,β-unsaturated/α-hetero) is 1. The normalized spacial score (nSPS) is 19.0. The van der Waals surface area contributed by atoms with Crippen LogP contribution >= 0.6 is 23.2 Å². The average molecular weight is 468 g/mol. The predicted molar refractivity (Wildman–Crippen MR) is 115 cm³/mol. The zero-order chi connectivity index (χ0) is 22.2. The number of hydrogen-bond donors (Lipinski definition) is 0. The number of pyridine rings is 1. The molecule has 7 nitrogen and oxygen atoms in total. The molecular formula is C22H23Cl2NO6. The molecule has 1 aromatic carbocycles. The molecule has 0 unspecified atom stereocenters. The number of rotatable bonds is 4. The molecule has 31 heavy (non-hydrogen) atoms. The molecular weight excluding hydrogens is 445 g/mol. The van der Waals surface area contributed by atoms with E-state index in [1.807, 2.05) is 13.8 Å². The molecule has 0 aliphatic carbocycles. The third kappa shape index (κ3) is 4.46. The molecule has 1 saturated heterocycles. The number of aromatic nitrogens is 1. The highest BCUT2D eigenvalue weighted by Crippen LogP contribution is 2.45. The number of halogens is 2. The number of benzene rings is 1. The van der Waals surface area contributed by atoms with Crippen LogP contribution in [0.5, 0.6) is 17.2 Å². The van der Waals surface area contributed by atoms with Gasteiger partial charge in [-0.3, -0.25) is 9.78 Å². The van der Waals surface area contributed by atoms with Gasteiger partial charge in [0.05, 0.1) is 41.3 Å². The van der Waals surface area contributed by atoms with Crippen LogP contribution in [-0.4, -0.2) is 50.1 Å². The lowest BCUT2D eigenvalue weighted by molar-refractivity contribution is -0.291. The second kappa shape index (κ2) is 8.47. The monoisotopic (exact) mass is 467 g/mol. The van der Waals surface area contributed by atoms with Crippen molar-refractivity contribution in [2.24, 2.45) is 5.41 Å². The van der Waals surface area contributed by atoms with Crippen LogP contribution in [-0.2, 0) is 15.9 Å². The molecule has 1 fully saturated rings. The van der Waals surface area contributed by atoms with E-state index in [4.69, 9.17) is 46.9 Å². The van der Waals surface area contributed by atoms with Crippen molar-refractivity contribution in [3.05, 3.63) is 45.7 Å². The van der Waals surface area contributed by atoms with Gasteiger partial charge in [0.2, 0.25) is 5.75 Å². The lowest BCUT2D eigenvalue weighted by Gasteiger charge is -2.41. The molecule has 1 aromatic heterocycles. The topological polar surface area (TPSA) is 76.1 Å². The molecule has 1 spiro atoms. The van der Waals surface area contributed by atoms with Crippen LogP contribution < -0.4 is 14.2 Å². The highest BCUT2D eigenvalue weighted by atomic mass is 35.5. The smallest absolute Gasteiger partial charge is 0.204 e. The van der Waals surface area contributed by atoms with Crippen LogP contribution in [0.3, 0.4) is 0 Å². The molecule has 166 valence electrons. The summed E-state index contributed by atoms with van der Waals surface area (Å²) in [5.74, 6) is 0.299. The number of carbonyl (C=O) groups excluding carboxylic acids is 1. The van der Waals surface area contributed by atoms with Crippen molar-refractivity contribution in [2.45, 2.75) is 26.1 Å². The molecule has 0 atom stereocenters. The second-order valence-electron chi connectivity index (χ2n) is 8.21. The quantitative estimate of drug-likeness (QED) is 0.617. The van der Waals surface area contributed by atoms with Gasteiger partial charge in [-0.15, -0.1) is 0 Å². The first-order chi connectivity index (χ1) is 14.7. The Bertz CT molecular complexity index is 979. The summed E-state index contributed by atoms with van der Waals surface area (Å²) in [4.78, 5) is 17.1. The lowest BCUT2D eigenvalue weighted by atomic mass is 9.91. The molecule has 0 radical (unpaired) electrons. The number of methoxy groups -OCH3 is 1. The van der Waals surface area contributed by atoms with Crippen molar-refractivity contribution >= 4 is 29.0 Å². The maximum absolute atomic E-state index is 13.2. The van der Waals surface area contributed by atoms with E-state index in [1.54, 1.807) is 12.1 Å². The highest BCUT2D eigenvalue weighted by Gasteiger charge is 2.44. The molecule has 4 rings (SSSR count). The van der Waals surface area contributed by atoms with Crippen LogP contribution in [0.25, 0.3) is 0 Å². The van der Waals surface area contributed by atoms with Crippen molar-refractivity contribution < 1.29 is 28.5 Å². The predicted octanol–water partition coefficient (Wildman–Crippen LogP) is 4.36. The molecule has 2 aliphatic rings. The van der Waals surface area contributed by atoms with E-state index in [1.165, 1.54) is 19.5 Å². The van der Waals surface area contributed by atoms with Crippen LogP contribution in [0.4, 0.5) is 0 Å². The Morgan fingerprint density at radius 1 is 1.03 bits per heavy atom. The summed E-state index contributed by atoms with van der Waals surface area (Å²) in [6, 6.07) is 3.33. The van der Waals surface area contributed by atoms with Crippen LogP contribution in [0.2, 0.25) is 10.0 Å². The van der Waals surface area contributed by atoms with Crippen molar-refractivity contribution in [1.29, 1.82) is 0 Å². The van der Waals surface area contributed by atoms with Gasteiger partial charge in [0.25, 0.3) is 0 Å². The zero-order valence-corrected chi connectivity index (χ0v) is 19.0. The number of hydrogen-bond acceptors (Lipinski definition) is 7. The van der Waals surface area contributed by atoms with Gasteiger partial charge < -0.3 is 23.7 Å². The van der Waals surface area contributed by atoms with Gasteiger partial charge in [0.1, 0.15) is 13.2 Å². The number of ketones is 1. The molecule has 0 saturated carbocycles. The first-order valence-corrected chi connectivity index (χ1v) is 10.5. The SMILES string of the molecule is COc1ccc(C(=O)Cc2c(Cl)cncc2Cl)c2c1OCC1(CO2)COC(C)(C)OC1. The van der Waals surface area contributed by atoms with E-state index in [-0.39, 0.29) is 18.8 Å². The van der Waals surface area contributed by atoms with E-state index >= 15 is 0 Å². The van der Waals surface area contributed by atoms with Gasteiger partial charge in [0.15, 0.2) is 23.1 Å². The Kier molecular flexibility index (Phi) is 6.05. The summed E-state index contributed by atoms with van der Waals surface area (Å²) >= 11 is 12.4. The largest absolute Gasteiger partial charge is 0.493 e. The lowest BCUT2D eigenvalue weighted by Crippen LogP contribution is -2.51. The standard InChI is InChI=1S/C22H23Cl2NO6/c1-21(2)30-11-22(12-31-21)9-28-19-13(4-5-18(27-3)20(19)29-10-22)17(26)6-14-15(23)7-25-8-16(14)24/h4-5,7-8H,6,9-12H2,1-3H3. The maximum Gasteiger partial charge on any atom is 0.204 e. The minimum Gasteiger partial charge on any atom is -0.493 e. The third-order valence-electron chi connectivity index (χ3n) is 5.38. The first kappa shape index (κ1) is 22.1. The van der Waals surface area contributed by atoms with E-state index < -0.39 is 11.2 Å². The van der Waals surface area contributed by atoms with Gasteiger partial charge in [-0.25, -0.2) is 0 Å². The highest BCUT2D eigenvalue weighted by molar-refractivity contribution is 6.36. The molecule has 2 aromatic rings. The molecule has 0 bridgehead atoms. The number of ether oxygens (including phenoxy) is 5. The molecule has 2 aliphatic heterocycles. The van der Waals surface area contributed by atoms with E-state index in [2.05, 4.69) is 4.98 Å². The van der Waals surface area contributed by atoms with Crippen LogP contribution in [0.15, 0.2) is 24.5 Å². The Labute approximate surface area is 190 Å². The van der Waals surface area contributed by atoms with Crippen LogP contribution in [0.1, 0.15) is 29.8 Å². The minimum absolute atomic E-state index is 0.00608. The fourth-order valence-corrected chi connectivity index (χ4v) is 3.96. The average Bonchev–Trinajstić information content (AvgIpc) is 2.93. The van der Waals surface area contributed by atoms with E-state index in [0.29, 0.717) is 58.2 Å². The van der Waals surface area contributed by atoms with Gasteiger partial charge >= 0.3 is 0 Å². The molecule has 9 heteroatoms. The second-order valence-corrected chi connectivity index (χ2v) is 9.02. The molecule has 3 heterocycles. The summed E-state index contributed by atoms with van der Waals surface area (Å²) in [6.07, 6.45) is 2.91. The summed E-state index contributed by atoms with van der Waals surface area (Å²) in [6.45, 7) is 5.10. The van der Waals surface area contributed by atoms with Crippen molar-refractivity contribution in [1.82, 2.24) is 4.98 Å². The molecule has 0 N–H and O–H groups in total. The summed E-state index contributed by atoms with van der Waals surface area (Å²) in [5, 5.41) is 0.659. The first-order valence-electron chi connectivity index (χ1n) is 9.79. The third-order valence-corrected chi connectivity index (χ3v) is 6.03. The van der Waals surface area contributed by atoms with E-state index in [0.717, 1.165) is 0 Å². The minimum atomic E-state index is -0.660. The summed E-state index contributed by atoms with van der Waals surface area (Å²) in [7, 11) is 1.53. The van der Waals surface area contributed by atoms with Gasteiger partial charge in [0, 0.05) is 24.4 Å². The Balaban J connectivity index is 1.64. The summed E-state index contributed by atoms with van der Waals surface area (Å²) in [5.41, 5.74) is 0.363. The number of fused-ring (bicyclic) bond motifs is 1. The van der Waals surface area contributed by atoms with Crippen molar-refractivity contribution in [2.75, 3.05) is 33.5 Å². The number of nitrogens with zero attached hydrogens (tertiary/aromatic N) is 1. The Hall–Kier alpha value is -2.06. The zero-order valence-electron chi connectivity index (χ0n) is 17.5. The molecule has 0 amide bonds. The Morgan fingerprint density at radius 3 is 2.26 bits per heavy atom. The van der Waals surface area contributed by atoms with Crippen LogP contribution in [0, 0.1) is 5.41 Å². The maximum atomic E-state index is 13.2. The van der Waals surface area contributed by atoms with Crippen molar-refractivity contribution in [3.8, 4) is 17.2 Å². The number of carbonyl (C=O) groups is 1. The van der Waals surface area contributed by atoms with Crippen molar-refractivity contribution in [3.63, 3.8) is 0 Å². The van der Waals surface area contributed by atoms with Gasteiger partial charge in [-0.2, -0.15) is 0 Å².